The average Bonchev–Trinajstić information content (AvgIpc) is 3.02. The second-order valence-corrected chi connectivity index (χ2v) is 5.94. The third-order valence-corrected chi connectivity index (χ3v) is 4.51. The first kappa shape index (κ1) is 12.2. The van der Waals surface area contributed by atoms with E-state index in [0.29, 0.717) is 6.04 Å². The van der Waals surface area contributed by atoms with Crippen molar-refractivity contribution in [2.75, 3.05) is 26.7 Å². The van der Waals surface area contributed by atoms with E-state index in [1.807, 2.05) is 0 Å². The van der Waals surface area contributed by atoms with Crippen LogP contribution in [-0.4, -0.2) is 37.6 Å². The van der Waals surface area contributed by atoms with Gasteiger partial charge in [-0.05, 0) is 62.9 Å². The van der Waals surface area contributed by atoms with E-state index in [1.165, 1.54) is 45.3 Å². The van der Waals surface area contributed by atoms with E-state index in [0.717, 1.165) is 5.92 Å². The molecule has 2 aliphatic rings. The lowest BCUT2D eigenvalue weighted by Crippen LogP contribution is -2.24. The van der Waals surface area contributed by atoms with Crippen LogP contribution >= 0.6 is 0 Å². The van der Waals surface area contributed by atoms with Gasteiger partial charge < -0.3 is 10.2 Å². The van der Waals surface area contributed by atoms with Crippen LogP contribution < -0.4 is 5.32 Å². The molecule has 2 nitrogen and oxygen atoms in total. The van der Waals surface area contributed by atoms with Crippen LogP contribution in [0.15, 0.2) is 24.3 Å². The van der Waals surface area contributed by atoms with Gasteiger partial charge in [0.1, 0.15) is 0 Å². The minimum atomic E-state index is 0.713. The Labute approximate surface area is 110 Å². The molecule has 2 heteroatoms. The molecule has 0 saturated carbocycles. The number of likely N-dealkylation sites (tertiary alicyclic amines) is 1. The minimum absolute atomic E-state index is 0.713. The first-order valence-corrected chi connectivity index (χ1v) is 7.32. The Morgan fingerprint density at radius 3 is 2.89 bits per heavy atom. The van der Waals surface area contributed by atoms with Crippen LogP contribution in [0.2, 0.25) is 0 Å². The second kappa shape index (κ2) is 5.41. The van der Waals surface area contributed by atoms with Gasteiger partial charge in [-0.25, -0.2) is 0 Å². The first-order chi connectivity index (χ1) is 8.83. The molecule has 0 aliphatic carbocycles. The molecular formula is C16H24N2. The highest BCUT2D eigenvalue weighted by Gasteiger charge is 2.24. The maximum absolute atomic E-state index is 3.62. The van der Waals surface area contributed by atoms with E-state index in [9.17, 15) is 0 Å². The van der Waals surface area contributed by atoms with Crippen molar-refractivity contribution < 1.29 is 0 Å². The fourth-order valence-corrected chi connectivity index (χ4v) is 3.50. The Hall–Kier alpha value is -0.860. The molecule has 18 heavy (non-hydrogen) atoms. The number of likely N-dealkylation sites (N-methyl/N-ethyl adjacent to an activating group) is 1. The molecule has 2 fully saturated rings. The molecule has 1 aromatic rings. The van der Waals surface area contributed by atoms with Crippen molar-refractivity contribution in [1.82, 2.24) is 10.2 Å². The van der Waals surface area contributed by atoms with E-state index < -0.39 is 0 Å². The smallest absolute Gasteiger partial charge is 0.0108 e. The van der Waals surface area contributed by atoms with Gasteiger partial charge in [-0.1, -0.05) is 24.3 Å². The van der Waals surface area contributed by atoms with Crippen LogP contribution in [0.3, 0.4) is 0 Å². The largest absolute Gasteiger partial charge is 0.314 e. The van der Waals surface area contributed by atoms with E-state index >= 15 is 0 Å². The summed E-state index contributed by atoms with van der Waals surface area (Å²) in [7, 11) is 2.24. The standard InChI is InChI=1S/C16H24N2/c1-18-10-8-14(12-18)16-7-3-2-5-13(16)11-15-6-4-9-17-15/h2-3,5,7,14-15,17H,4,6,8-12H2,1H3. The maximum Gasteiger partial charge on any atom is 0.0108 e. The van der Waals surface area contributed by atoms with Crippen LogP contribution in [0.4, 0.5) is 0 Å². The molecule has 0 bridgehead atoms. The van der Waals surface area contributed by atoms with Crippen LogP contribution in [0, 0.1) is 0 Å². The topological polar surface area (TPSA) is 15.3 Å². The van der Waals surface area contributed by atoms with Gasteiger partial charge in [0.05, 0.1) is 0 Å². The molecule has 0 aromatic heterocycles. The molecule has 1 aromatic carbocycles. The summed E-state index contributed by atoms with van der Waals surface area (Å²) in [6.07, 6.45) is 5.24. The number of benzene rings is 1. The molecule has 0 amide bonds. The summed E-state index contributed by atoms with van der Waals surface area (Å²) in [5.74, 6) is 0.757. The number of nitrogens with one attached hydrogen (secondary N) is 1. The number of rotatable bonds is 3. The molecule has 2 saturated heterocycles. The zero-order chi connectivity index (χ0) is 12.4. The summed E-state index contributed by atoms with van der Waals surface area (Å²) < 4.78 is 0. The third-order valence-electron chi connectivity index (χ3n) is 4.51. The quantitative estimate of drug-likeness (QED) is 0.878. The highest BCUT2D eigenvalue weighted by molar-refractivity contribution is 5.32. The average molecular weight is 244 g/mol. The van der Waals surface area contributed by atoms with Gasteiger partial charge in [0.2, 0.25) is 0 Å². The number of hydrogen-bond acceptors (Lipinski definition) is 2. The highest BCUT2D eigenvalue weighted by atomic mass is 15.1. The van der Waals surface area contributed by atoms with Gasteiger partial charge in [-0.2, -0.15) is 0 Å². The Morgan fingerprint density at radius 2 is 2.17 bits per heavy atom. The van der Waals surface area contributed by atoms with Gasteiger partial charge in [-0.15, -0.1) is 0 Å². The number of hydrogen-bond donors (Lipinski definition) is 1. The van der Waals surface area contributed by atoms with Crippen molar-refractivity contribution >= 4 is 0 Å². The zero-order valence-corrected chi connectivity index (χ0v) is 11.4. The molecule has 2 aliphatic heterocycles. The predicted octanol–water partition coefficient (Wildman–Crippen LogP) is 2.40. The van der Waals surface area contributed by atoms with Crippen molar-refractivity contribution in [1.29, 1.82) is 0 Å². The third kappa shape index (κ3) is 2.60. The molecule has 1 N–H and O–H groups in total. The van der Waals surface area contributed by atoms with Crippen LogP contribution in [0.5, 0.6) is 0 Å². The maximum atomic E-state index is 3.62. The zero-order valence-electron chi connectivity index (χ0n) is 11.4. The molecular weight excluding hydrogens is 220 g/mol. The van der Waals surface area contributed by atoms with Gasteiger partial charge in [0, 0.05) is 12.6 Å². The summed E-state index contributed by atoms with van der Waals surface area (Å²) in [5.41, 5.74) is 3.19. The summed E-state index contributed by atoms with van der Waals surface area (Å²) in [6.45, 7) is 3.69. The summed E-state index contributed by atoms with van der Waals surface area (Å²) in [5, 5.41) is 3.62. The molecule has 2 unspecified atom stereocenters. The SMILES string of the molecule is CN1CCC(c2ccccc2CC2CCCN2)C1. The van der Waals surface area contributed by atoms with Gasteiger partial charge in [0.15, 0.2) is 0 Å². The molecule has 2 heterocycles. The Balaban J connectivity index is 1.76. The minimum Gasteiger partial charge on any atom is -0.314 e. The lowest BCUT2D eigenvalue weighted by molar-refractivity contribution is 0.411. The van der Waals surface area contributed by atoms with Crippen molar-refractivity contribution in [3.63, 3.8) is 0 Å². The summed E-state index contributed by atoms with van der Waals surface area (Å²) in [6, 6.07) is 9.82. The van der Waals surface area contributed by atoms with Gasteiger partial charge >= 0.3 is 0 Å². The Morgan fingerprint density at radius 1 is 1.28 bits per heavy atom. The normalized spacial score (nSPS) is 28.9. The predicted molar refractivity (Wildman–Crippen MR) is 76.0 cm³/mol. The number of nitrogens with zero attached hydrogens (tertiary/aromatic N) is 1. The van der Waals surface area contributed by atoms with Crippen LogP contribution in [-0.2, 0) is 6.42 Å². The van der Waals surface area contributed by atoms with Crippen LogP contribution in [0.1, 0.15) is 36.3 Å². The van der Waals surface area contributed by atoms with Gasteiger partial charge in [0.25, 0.3) is 0 Å². The fourth-order valence-electron chi connectivity index (χ4n) is 3.50. The lowest BCUT2D eigenvalue weighted by atomic mass is 9.90. The molecule has 0 radical (unpaired) electrons. The Bertz CT molecular complexity index is 396. The van der Waals surface area contributed by atoms with Crippen molar-refractivity contribution in [3.8, 4) is 0 Å². The van der Waals surface area contributed by atoms with E-state index in [-0.39, 0.29) is 0 Å². The summed E-state index contributed by atoms with van der Waals surface area (Å²) in [4.78, 5) is 2.45. The Kier molecular flexibility index (Phi) is 3.67. The van der Waals surface area contributed by atoms with E-state index in [2.05, 4.69) is 41.5 Å². The first-order valence-electron chi connectivity index (χ1n) is 7.32. The van der Waals surface area contributed by atoms with Gasteiger partial charge in [-0.3, -0.25) is 0 Å². The van der Waals surface area contributed by atoms with E-state index in [4.69, 9.17) is 0 Å². The van der Waals surface area contributed by atoms with Crippen molar-refractivity contribution in [2.24, 2.45) is 0 Å². The lowest BCUT2D eigenvalue weighted by Gasteiger charge is -2.18. The van der Waals surface area contributed by atoms with Crippen molar-refractivity contribution in [2.45, 2.75) is 37.6 Å². The van der Waals surface area contributed by atoms with E-state index in [1.54, 1.807) is 11.1 Å². The molecule has 98 valence electrons. The monoisotopic (exact) mass is 244 g/mol. The summed E-state index contributed by atoms with van der Waals surface area (Å²) >= 11 is 0. The molecule has 2 atom stereocenters. The molecule has 3 rings (SSSR count). The fraction of sp³-hybridized carbons (Fsp3) is 0.625. The highest BCUT2D eigenvalue weighted by Crippen LogP contribution is 2.30. The second-order valence-electron chi connectivity index (χ2n) is 5.94. The van der Waals surface area contributed by atoms with Crippen LogP contribution in [0.25, 0.3) is 0 Å². The van der Waals surface area contributed by atoms with Crippen molar-refractivity contribution in [3.05, 3.63) is 35.4 Å². The molecule has 0 spiro atoms.